The number of carbonyl (C=O) groups is 1. The normalized spacial score (nSPS) is 23.2. The first-order chi connectivity index (χ1) is 14.2. The second kappa shape index (κ2) is 7.31. The van der Waals surface area contributed by atoms with Gasteiger partial charge in [-0.2, -0.15) is 4.98 Å². The van der Waals surface area contributed by atoms with Crippen LogP contribution in [0.25, 0.3) is 11.4 Å². The Morgan fingerprint density at radius 1 is 1.14 bits per heavy atom. The number of benzene rings is 1. The maximum atomic E-state index is 13.2. The molecule has 4 heterocycles. The maximum absolute atomic E-state index is 13.2. The van der Waals surface area contributed by atoms with Gasteiger partial charge >= 0.3 is 0 Å². The van der Waals surface area contributed by atoms with E-state index in [4.69, 9.17) is 9.26 Å². The summed E-state index contributed by atoms with van der Waals surface area (Å²) in [6.45, 7) is 0. The Balaban J connectivity index is 1.34. The molecular weight excluding hydrogens is 368 g/mol. The fraction of sp³-hybridized carbons (Fsp3) is 0.364. The van der Waals surface area contributed by atoms with Crippen LogP contribution in [0.5, 0.6) is 5.75 Å². The van der Waals surface area contributed by atoms with Crippen LogP contribution in [0, 0.1) is 0 Å². The molecule has 2 aromatic heterocycles. The zero-order valence-electron chi connectivity index (χ0n) is 16.2. The number of hydrogen-bond donors (Lipinski definition) is 0. The number of carbonyl (C=O) groups excluding carboxylic acids is 1. The number of amides is 1. The quantitative estimate of drug-likeness (QED) is 0.676. The monoisotopic (exact) mass is 390 g/mol. The van der Waals surface area contributed by atoms with Gasteiger partial charge in [0.05, 0.1) is 7.11 Å². The molecule has 1 amide bonds. The van der Waals surface area contributed by atoms with E-state index in [0.717, 1.165) is 31.2 Å². The zero-order chi connectivity index (χ0) is 19.8. The van der Waals surface area contributed by atoms with Gasteiger partial charge in [0.25, 0.3) is 5.91 Å². The Hall–Kier alpha value is -3.22. The minimum absolute atomic E-state index is 0.0813. The van der Waals surface area contributed by atoms with Crippen LogP contribution < -0.4 is 4.74 Å². The van der Waals surface area contributed by atoms with Gasteiger partial charge in [0.2, 0.25) is 11.7 Å². The number of nitrogens with zero attached hydrogens (tertiary/aromatic N) is 4. The summed E-state index contributed by atoms with van der Waals surface area (Å²) in [6, 6.07) is 11.5. The van der Waals surface area contributed by atoms with Crippen LogP contribution in [-0.4, -0.2) is 45.1 Å². The lowest BCUT2D eigenvalue weighted by molar-refractivity contribution is 0.0554. The molecule has 2 fully saturated rings. The highest BCUT2D eigenvalue weighted by atomic mass is 16.5. The highest BCUT2D eigenvalue weighted by Crippen LogP contribution is 2.43. The van der Waals surface area contributed by atoms with Crippen molar-refractivity contribution in [1.29, 1.82) is 0 Å². The van der Waals surface area contributed by atoms with Gasteiger partial charge in [-0.3, -0.25) is 9.78 Å². The van der Waals surface area contributed by atoms with Gasteiger partial charge in [0.1, 0.15) is 5.75 Å². The van der Waals surface area contributed by atoms with Gasteiger partial charge in [-0.1, -0.05) is 11.2 Å². The van der Waals surface area contributed by atoms with Crippen molar-refractivity contribution in [2.75, 3.05) is 7.11 Å². The Morgan fingerprint density at radius 3 is 2.62 bits per heavy atom. The van der Waals surface area contributed by atoms with Gasteiger partial charge < -0.3 is 14.2 Å². The molecule has 0 aliphatic carbocycles. The van der Waals surface area contributed by atoms with E-state index in [-0.39, 0.29) is 23.9 Å². The molecule has 148 valence electrons. The second-order valence-corrected chi connectivity index (χ2v) is 7.69. The van der Waals surface area contributed by atoms with Gasteiger partial charge in [-0.25, -0.2) is 0 Å². The molecule has 2 atom stereocenters. The number of hydrogen-bond acceptors (Lipinski definition) is 6. The molecule has 3 aromatic rings. The molecule has 5 rings (SSSR count). The van der Waals surface area contributed by atoms with Gasteiger partial charge in [0, 0.05) is 41.5 Å². The zero-order valence-corrected chi connectivity index (χ0v) is 16.2. The summed E-state index contributed by atoms with van der Waals surface area (Å²) in [4.78, 5) is 23.9. The van der Waals surface area contributed by atoms with Crippen molar-refractivity contribution in [3.8, 4) is 17.1 Å². The standard InChI is InChI=1S/C22H22N4O3/c1-28-19-4-2-3-15(13-19)22(27)26-17-5-6-18(26)12-16(11-17)21-24-20(25-29-21)14-7-9-23-10-8-14/h2-4,7-10,13,16-18H,5-6,11-12H2,1H3. The van der Waals surface area contributed by atoms with Crippen molar-refractivity contribution in [2.24, 2.45) is 0 Å². The number of ether oxygens (including phenoxy) is 1. The van der Waals surface area contributed by atoms with Crippen LogP contribution in [0.3, 0.4) is 0 Å². The predicted octanol–water partition coefficient (Wildman–Crippen LogP) is 3.69. The molecule has 2 saturated heterocycles. The highest BCUT2D eigenvalue weighted by Gasteiger charge is 2.45. The Morgan fingerprint density at radius 2 is 1.90 bits per heavy atom. The van der Waals surface area contributed by atoms with Crippen molar-refractivity contribution in [2.45, 2.75) is 43.7 Å². The lowest BCUT2D eigenvalue weighted by Crippen LogP contribution is -2.46. The number of piperidine rings is 1. The van der Waals surface area contributed by atoms with Crippen molar-refractivity contribution in [3.63, 3.8) is 0 Å². The van der Waals surface area contributed by atoms with Crippen LogP contribution in [0.4, 0.5) is 0 Å². The largest absolute Gasteiger partial charge is 0.497 e. The van der Waals surface area contributed by atoms with Crippen LogP contribution >= 0.6 is 0 Å². The summed E-state index contributed by atoms with van der Waals surface area (Å²) in [5, 5.41) is 4.14. The van der Waals surface area contributed by atoms with E-state index in [0.29, 0.717) is 23.0 Å². The number of fused-ring (bicyclic) bond motifs is 2. The third kappa shape index (κ3) is 3.26. The Kier molecular flexibility index (Phi) is 4.50. The molecule has 0 N–H and O–H groups in total. The molecule has 0 saturated carbocycles. The van der Waals surface area contributed by atoms with Crippen LogP contribution in [0.15, 0.2) is 53.3 Å². The molecule has 0 radical (unpaired) electrons. The first-order valence-electron chi connectivity index (χ1n) is 9.93. The fourth-order valence-corrected chi connectivity index (χ4v) is 4.63. The summed E-state index contributed by atoms with van der Waals surface area (Å²) in [6.07, 6.45) is 7.17. The molecule has 2 unspecified atom stereocenters. The molecule has 2 aliphatic rings. The number of aromatic nitrogens is 3. The van der Waals surface area contributed by atoms with Crippen LogP contribution in [0.2, 0.25) is 0 Å². The molecule has 2 bridgehead atoms. The van der Waals surface area contributed by atoms with E-state index in [9.17, 15) is 4.79 Å². The molecule has 1 aromatic carbocycles. The molecule has 0 spiro atoms. The number of methoxy groups -OCH3 is 1. The van der Waals surface area contributed by atoms with E-state index in [1.807, 2.05) is 36.4 Å². The van der Waals surface area contributed by atoms with E-state index >= 15 is 0 Å². The van der Waals surface area contributed by atoms with E-state index < -0.39 is 0 Å². The Labute approximate surface area is 168 Å². The fourth-order valence-electron chi connectivity index (χ4n) is 4.63. The van der Waals surface area contributed by atoms with E-state index in [1.54, 1.807) is 19.5 Å². The first kappa shape index (κ1) is 17.8. The van der Waals surface area contributed by atoms with Crippen LogP contribution in [-0.2, 0) is 0 Å². The van der Waals surface area contributed by atoms with Crippen molar-refractivity contribution >= 4 is 5.91 Å². The number of rotatable bonds is 4. The minimum atomic E-state index is 0.0813. The number of pyridine rings is 1. The summed E-state index contributed by atoms with van der Waals surface area (Å²) < 4.78 is 10.9. The van der Waals surface area contributed by atoms with Crippen molar-refractivity contribution < 1.29 is 14.1 Å². The smallest absolute Gasteiger partial charge is 0.254 e. The average Bonchev–Trinajstić information content (AvgIpc) is 3.37. The average molecular weight is 390 g/mol. The van der Waals surface area contributed by atoms with Gasteiger partial charge in [-0.15, -0.1) is 0 Å². The molecule has 7 nitrogen and oxygen atoms in total. The molecule has 29 heavy (non-hydrogen) atoms. The van der Waals surface area contributed by atoms with Crippen LogP contribution in [0.1, 0.15) is 47.8 Å². The first-order valence-corrected chi connectivity index (χ1v) is 9.93. The molecule has 7 heteroatoms. The minimum Gasteiger partial charge on any atom is -0.497 e. The summed E-state index contributed by atoms with van der Waals surface area (Å²) in [5.74, 6) is 2.22. The van der Waals surface area contributed by atoms with Gasteiger partial charge in [-0.05, 0) is 56.0 Å². The Bertz CT molecular complexity index is 1010. The van der Waals surface area contributed by atoms with Gasteiger partial charge in [0.15, 0.2) is 0 Å². The summed E-state index contributed by atoms with van der Waals surface area (Å²) in [5.41, 5.74) is 1.57. The van der Waals surface area contributed by atoms with Crippen molar-refractivity contribution in [3.05, 3.63) is 60.2 Å². The third-order valence-electron chi connectivity index (χ3n) is 6.01. The highest BCUT2D eigenvalue weighted by molar-refractivity contribution is 5.95. The summed E-state index contributed by atoms with van der Waals surface area (Å²) in [7, 11) is 1.61. The van der Waals surface area contributed by atoms with E-state index in [1.165, 1.54) is 0 Å². The third-order valence-corrected chi connectivity index (χ3v) is 6.01. The predicted molar refractivity (Wildman–Crippen MR) is 105 cm³/mol. The lowest BCUT2D eigenvalue weighted by Gasteiger charge is -2.38. The SMILES string of the molecule is COc1cccc(C(=O)N2C3CCC2CC(c2nc(-c4ccncc4)no2)C3)c1. The molecular formula is C22H22N4O3. The van der Waals surface area contributed by atoms with Crippen molar-refractivity contribution in [1.82, 2.24) is 20.0 Å². The van der Waals surface area contributed by atoms with E-state index in [2.05, 4.69) is 20.0 Å². The maximum Gasteiger partial charge on any atom is 0.254 e. The molecule has 2 aliphatic heterocycles. The topological polar surface area (TPSA) is 81.4 Å². The second-order valence-electron chi connectivity index (χ2n) is 7.69. The summed E-state index contributed by atoms with van der Waals surface area (Å²) >= 11 is 0. The lowest BCUT2D eigenvalue weighted by atomic mass is 9.90.